The highest BCUT2D eigenvalue weighted by Crippen LogP contribution is 2.29. The summed E-state index contributed by atoms with van der Waals surface area (Å²) in [7, 11) is -4.30. The highest BCUT2D eigenvalue weighted by Gasteiger charge is 2.34. The molecule has 1 aromatic rings. The fourth-order valence-electron chi connectivity index (χ4n) is 1.21. The van der Waals surface area contributed by atoms with E-state index < -0.39 is 39.5 Å². The molecule has 0 spiro atoms. The van der Waals surface area contributed by atoms with Crippen LogP contribution in [0.1, 0.15) is 10.4 Å². The summed E-state index contributed by atoms with van der Waals surface area (Å²) in [6, 6.07) is 2.61. The molecule has 1 rings (SSSR count). The Balaban J connectivity index is 3.13. The zero-order chi connectivity index (χ0) is 16.3. The fourth-order valence-corrected chi connectivity index (χ4v) is 2.06. The van der Waals surface area contributed by atoms with Gasteiger partial charge in [-0.25, -0.2) is 4.79 Å². The van der Waals surface area contributed by atoms with Crippen LogP contribution in [0.5, 0.6) is 5.75 Å². The third-order valence-electron chi connectivity index (χ3n) is 1.91. The maximum Gasteiger partial charge on any atom is 0.573 e. The lowest BCUT2D eigenvalue weighted by atomic mass is 10.2. The van der Waals surface area contributed by atoms with E-state index in [-0.39, 0.29) is 5.02 Å². The second-order valence-corrected chi connectivity index (χ2v) is 5.62. The van der Waals surface area contributed by atoms with Crippen LogP contribution >= 0.6 is 11.6 Å². The van der Waals surface area contributed by atoms with Gasteiger partial charge >= 0.3 is 22.4 Å². The molecule has 1 aromatic carbocycles. The lowest BCUT2D eigenvalue weighted by molar-refractivity contribution is -0.274. The summed E-state index contributed by atoms with van der Waals surface area (Å²) in [4.78, 5) is 11.7. The van der Waals surface area contributed by atoms with Gasteiger partial charge in [0, 0.05) is 5.02 Å². The number of carbonyl (C=O) groups is 1. The standard InChI is InChI=1S/C11H8ClF3O5S/c1-2-5-21(17,18)20-10(16)8-6-7(12)3-4-9(8)19-11(13,14)15/h2-4,6H,1,5H2. The van der Waals surface area contributed by atoms with E-state index in [9.17, 15) is 26.4 Å². The zero-order valence-corrected chi connectivity index (χ0v) is 11.8. The van der Waals surface area contributed by atoms with Crippen molar-refractivity contribution in [2.24, 2.45) is 0 Å². The van der Waals surface area contributed by atoms with Crippen LogP contribution in [-0.2, 0) is 14.3 Å². The van der Waals surface area contributed by atoms with Gasteiger partial charge in [0.05, 0.1) is 0 Å². The van der Waals surface area contributed by atoms with Gasteiger partial charge in [0.1, 0.15) is 17.1 Å². The van der Waals surface area contributed by atoms with Crippen LogP contribution in [0.15, 0.2) is 30.9 Å². The molecule has 0 saturated heterocycles. The van der Waals surface area contributed by atoms with E-state index in [0.717, 1.165) is 24.3 Å². The van der Waals surface area contributed by atoms with E-state index >= 15 is 0 Å². The Morgan fingerprint density at radius 3 is 2.52 bits per heavy atom. The van der Waals surface area contributed by atoms with Crippen molar-refractivity contribution < 1.29 is 35.3 Å². The van der Waals surface area contributed by atoms with Crippen molar-refractivity contribution in [2.75, 3.05) is 5.75 Å². The molecular weight excluding hydrogens is 337 g/mol. The molecule has 0 N–H and O–H groups in total. The van der Waals surface area contributed by atoms with Crippen LogP contribution in [0.4, 0.5) is 13.2 Å². The topological polar surface area (TPSA) is 69.7 Å². The minimum atomic E-state index is -5.07. The van der Waals surface area contributed by atoms with Gasteiger partial charge in [0.2, 0.25) is 0 Å². The summed E-state index contributed by atoms with van der Waals surface area (Å²) in [6.45, 7) is 3.14. The minimum absolute atomic E-state index is 0.0995. The molecule has 0 radical (unpaired) electrons. The third-order valence-corrected chi connectivity index (χ3v) is 3.20. The molecule has 0 aromatic heterocycles. The largest absolute Gasteiger partial charge is 0.573 e. The quantitative estimate of drug-likeness (QED) is 0.607. The van der Waals surface area contributed by atoms with E-state index in [1.54, 1.807) is 0 Å². The van der Waals surface area contributed by atoms with Crippen LogP contribution < -0.4 is 4.74 Å². The van der Waals surface area contributed by atoms with E-state index in [4.69, 9.17) is 11.6 Å². The molecule has 0 aliphatic carbocycles. The van der Waals surface area contributed by atoms with Gasteiger partial charge in [0.15, 0.2) is 0 Å². The molecule has 10 heteroatoms. The summed E-state index contributed by atoms with van der Waals surface area (Å²) in [5, 5.41) is -0.0995. The van der Waals surface area contributed by atoms with Crippen molar-refractivity contribution in [3.8, 4) is 5.75 Å². The van der Waals surface area contributed by atoms with E-state index in [2.05, 4.69) is 15.5 Å². The lowest BCUT2D eigenvalue weighted by Gasteiger charge is -2.12. The average Bonchev–Trinajstić information content (AvgIpc) is 2.28. The van der Waals surface area contributed by atoms with Crippen molar-refractivity contribution in [1.29, 1.82) is 0 Å². The molecule has 0 bridgehead atoms. The second-order valence-electron chi connectivity index (χ2n) is 3.57. The molecule has 0 aliphatic rings. The van der Waals surface area contributed by atoms with Crippen LogP contribution in [0.2, 0.25) is 5.02 Å². The summed E-state index contributed by atoms with van der Waals surface area (Å²) in [5.41, 5.74) is -0.771. The fraction of sp³-hybridized carbons (Fsp3) is 0.182. The lowest BCUT2D eigenvalue weighted by Crippen LogP contribution is -2.21. The molecular formula is C11H8ClF3O5S. The molecule has 116 valence electrons. The SMILES string of the molecule is C=CCS(=O)(=O)OC(=O)c1cc(Cl)ccc1OC(F)(F)F. The average molecular weight is 345 g/mol. The van der Waals surface area contributed by atoms with Gasteiger partial charge in [-0.05, 0) is 18.2 Å². The molecule has 5 nitrogen and oxygen atoms in total. The molecule has 0 aliphatic heterocycles. The Hall–Kier alpha value is -1.74. The minimum Gasteiger partial charge on any atom is -0.405 e. The van der Waals surface area contributed by atoms with Crippen molar-refractivity contribution in [3.63, 3.8) is 0 Å². The van der Waals surface area contributed by atoms with Crippen molar-refractivity contribution in [1.82, 2.24) is 0 Å². The first-order chi connectivity index (χ1) is 9.54. The Morgan fingerprint density at radius 1 is 1.38 bits per heavy atom. The van der Waals surface area contributed by atoms with Crippen molar-refractivity contribution in [3.05, 3.63) is 41.4 Å². The molecule has 0 amide bonds. The monoisotopic (exact) mass is 344 g/mol. The predicted octanol–water partition coefficient (Wildman–Crippen LogP) is 2.91. The first-order valence-electron chi connectivity index (χ1n) is 5.17. The summed E-state index contributed by atoms with van der Waals surface area (Å²) in [5.74, 6) is -3.15. The molecule has 0 saturated carbocycles. The van der Waals surface area contributed by atoms with Crippen LogP contribution in [-0.4, -0.2) is 26.5 Å². The van der Waals surface area contributed by atoms with Crippen molar-refractivity contribution in [2.45, 2.75) is 6.36 Å². The van der Waals surface area contributed by atoms with E-state index in [1.807, 2.05) is 0 Å². The van der Waals surface area contributed by atoms with Gasteiger partial charge in [-0.3, -0.25) is 0 Å². The number of ether oxygens (including phenoxy) is 1. The first-order valence-corrected chi connectivity index (χ1v) is 7.12. The number of alkyl halides is 3. The van der Waals surface area contributed by atoms with Crippen molar-refractivity contribution >= 4 is 27.7 Å². The van der Waals surface area contributed by atoms with E-state index in [0.29, 0.717) is 0 Å². The number of carbonyl (C=O) groups excluding carboxylic acids is 1. The number of halogens is 4. The Morgan fingerprint density at radius 2 is 2.00 bits per heavy atom. The summed E-state index contributed by atoms with van der Waals surface area (Å²) >= 11 is 5.55. The Bertz CT molecular complexity index is 654. The van der Waals surface area contributed by atoms with Gasteiger partial charge in [0.25, 0.3) is 0 Å². The Kier molecular flexibility index (Phi) is 5.24. The molecule has 0 atom stereocenters. The second kappa shape index (κ2) is 6.35. The number of benzene rings is 1. The molecule has 0 unspecified atom stereocenters. The van der Waals surface area contributed by atoms with Gasteiger partial charge in [-0.1, -0.05) is 17.7 Å². The maximum absolute atomic E-state index is 12.2. The normalized spacial score (nSPS) is 11.8. The number of hydrogen-bond acceptors (Lipinski definition) is 5. The van der Waals surface area contributed by atoms with Crippen LogP contribution in [0.25, 0.3) is 0 Å². The summed E-state index contributed by atoms with van der Waals surface area (Å²) in [6.07, 6.45) is -4.11. The molecule has 0 heterocycles. The smallest absolute Gasteiger partial charge is 0.405 e. The van der Waals surface area contributed by atoms with Gasteiger partial charge < -0.3 is 8.92 Å². The first kappa shape index (κ1) is 17.3. The number of hydrogen-bond donors (Lipinski definition) is 0. The van der Waals surface area contributed by atoms with Gasteiger partial charge in [-0.15, -0.1) is 19.8 Å². The van der Waals surface area contributed by atoms with E-state index in [1.165, 1.54) is 0 Å². The molecule has 21 heavy (non-hydrogen) atoms. The highest BCUT2D eigenvalue weighted by molar-refractivity contribution is 7.87. The zero-order valence-electron chi connectivity index (χ0n) is 10.2. The van der Waals surface area contributed by atoms with Crippen LogP contribution in [0, 0.1) is 0 Å². The summed E-state index contributed by atoms with van der Waals surface area (Å²) < 4.78 is 66.9. The van der Waals surface area contributed by atoms with Gasteiger partial charge in [-0.2, -0.15) is 8.42 Å². The maximum atomic E-state index is 12.2. The molecule has 0 fully saturated rings. The van der Waals surface area contributed by atoms with Crippen LogP contribution in [0.3, 0.4) is 0 Å². The third kappa shape index (κ3) is 5.64. The Labute approximate surface area is 123 Å². The highest BCUT2D eigenvalue weighted by atomic mass is 35.5. The number of rotatable bonds is 5. The predicted molar refractivity (Wildman–Crippen MR) is 67.5 cm³/mol.